The fraction of sp³-hybridized carbons (Fsp3) is 0.455. The Morgan fingerprint density at radius 2 is 2.11 bits per heavy atom. The van der Waals surface area contributed by atoms with E-state index in [9.17, 15) is 9.59 Å². The van der Waals surface area contributed by atoms with Crippen molar-refractivity contribution < 1.29 is 14.7 Å². The Bertz CT molecular complexity index is 467. The Kier molecular flexibility index (Phi) is 3.82. The third kappa shape index (κ3) is 2.79. The first-order valence-corrected chi connectivity index (χ1v) is 6.30. The van der Waals surface area contributed by atoms with E-state index in [1.807, 2.05) is 0 Å². The first-order valence-electron chi connectivity index (χ1n) is 5.55. The highest BCUT2D eigenvalue weighted by atomic mass is 35.5. The molecule has 1 amide bonds. The molecule has 7 heteroatoms. The van der Waals surface area contributed by atoms with Crippen LogP contribution in [0.15, 0.2) is 6.07 Å². The molecule has 98 valence electrons. The zero-order valence-electron chi connectivity index (χ0n) is 9.37. The Morgan fingerprint density at radius 1 is 1.39 bits per heavy atom. The van der Waals surface area contributed by atoms with E-state index in [2.05, 4.69) is 10.3 Å². The average Bonchev–Trinajstić information content (AvgIpc) is 2.87. The Labute approximate surface area is 113 Å². The number of H-pyrrole nitrogens is 1. The van der Waals surface area contributed by atoms with Crippen molar-refractivity contribution in [1.29, 1.82) is 0 Å². The van der Waals surface area contributed by atoms with Crippen LogP contribution in [0.1, 0.15) is 29.8 Å². The second-order valence-corrected chi connectivity index (χ2v) is 5.15. The molecule has 3 N–H and O–H groups in total. The largest absolute Gasteiger partial charge is 0.481 e. The van der Waals surface area contributed by atoms with Crippen LogP contribution in [-0.4, -0.2) is 28.0 Å². The molecule has 0 aliphatic heterocycles. The number of carboxylic acids is 1. The SMILES string of the molecule is O=C(N[C@H]1CC[C@@H](C(=O)O)C1)c1cc(Cl)c(Cl)[nH]1. The van der Waals surface area contributed by atoms with Crippen molar-refractivity contribution in [2.24, 2.45) is 5.92 Å². The average molecular weight is 291 g/mol. The van der Waals surface area contributed by atoms with Gasteiger partial charge in [0.2, 0.25) is 0 Å². The molecule has 0 spiro atoms. The van der Waals surface area contributed by atoms with E-state index < -0.39 is 5.97 Å². The molecule has 0 bridgehead atoms. The summed E-state index contributed by atoms with van der Waals surface area (Å²) in [5.41, 5.74) is 0.281. The molecule has 5 nitrogen and oxygen atoms in total. The smallest absolute Gasteiger partial charge is 0.306 e. The molecule has 1 heterocycles. The van der Waals surface area contributed by atoms with E-state index in [0.717, 1.165) is 0 Å². The van der Waals surface area contributed by atoms with Gasteiger partial charge in [0.05, 0.1) is 10.9 Å². The number of hydrogen-bond donors (Lipinski definition) is 3. The zero-order chi connectivity index (χ0) is 13.3. The summed E-state index contributed by atoms with van der Waals surface area (Å²) in [5, 5.41) is 12.1. The molecule has 2 atom stereocenters. The van der Waals surface area contributed by atoms with Gasteiger partial charge >= 0.3 is 5.97 Å². The van der Waals surface area contributed by atoms with Crippen molar-refractivity contribution in [3.63, 3.8) is 0 Å². The van der Waals surface area contributed by atoms with Crippen LogP contribution < -0.4 is 5.32 Å². The summed E-state index contributed by atoms with van der Waals surface area (Å²) in [4.78, 5) is 25.3. The van der Waals surface area contributed by atoms with E-state index in [1.165, 1.54) is 6.07 Å². The maximum Gasteiger partial charge on any atom is 0.306 e. The number of carbonyl (C=O) groups excluding carboxylic acids is 1. The Morgan fingerprint density at radius 3 is 2.61 bits per heavy atom. The number of aromatic nitrogens is 1. The molecule has 1 aromatic rings. The van der Waals surface area contributed by atoms with Gasteiger partial charge in [0.1, 0.15) is 10.8 Å². The number of nitrogens with one attached hydrogen (secondary N) is 2. The first kappa shape index (κ1) is 13.2. The summed E-state index contributed by atoms with van der Waals surface area (Å²) >= 11 is 11.4. The molecular formula is C11H12Cl2N2O3. The van der Waals surface area contributed by atoms with Gasteiger partial charge in [-0.3, -0.25) is 9.59 Å². The molecule has 1 saturated carbocycles. The fourth-order valence-corrected chi connectivity index (χ4v) is 2.44. The van der Waals surface area contributed by atoms with Gasteiger partial charge in [-0.15, -0.1) is 0 Å². The van der Waals surface area contributed by atoms with Crippen molar-refractivity contribution in [2.75, 3.05) is 0 Å². The zero-order valence-corrected chi connectivity index (χ0v) is 10.9. The summed E-state index contributed by atoms with van der Waals surface area (Å²) in [5.74, 6) is -1.50. The van der Waals surface area contributed by atoms with Gasteiger partial charge in [0.25, 0.3) is 5.91 Å². The van der Waals surface area contributed by atoms with Crippen molar-refractivity contribution in [2.45, 2.75) is 25.3 Å². The standard InChI is InChI=1S/C11H12Cl2N2O3/c12-7-4-8(15-9(7)13)10(16)14-6-2-1-5(3-6)11(17)18/h4-6,15H,1-3H2,(H,14,16)(H,17,18)/t5-,6+/m1/s1. The molecule has 0 aromatic carbocycles. The number of carbonyl (C=O) groups is 2. The highest BCUT2D eigenvalue weighted by Gasteiger charge is 2.30. The minimum atomic E-state index is -0.808. The summed E-state index contributed by atoms with van der Waals surface area (Å²) in [6.07, 6.45) is 1.72. The minimum absolute atomic E-state index is 0.112. The monoisotopic (exact) mass is 290 g/mol. The van der Waals surface area contributed by atoms with E-state index >= 15 is 0 Å². The van der Waals surface area contributed by atoms with Crippen LogP contribution in [0.2, 0.25) is 10.2 Å². The van der Waals surface area contributed by atoms with E-state index in [1.54, 1.807) is 0 Å². The van der Waals surface area contributed by atoms with Crippen LogP contribution in [0, 0.1) is 5.92 Å². The van der Waals surface area contributed by atoms with E-state index in [-0.39, 0.29) is 33.7 Å². The van der Waals surface area contributed by atoms with Crippen LogP contribution in [-0.2, 0) is 4.79 Å². The number of aromatic amines is 1. The Hall–Kier alpha value is -1.20. The van der Waals surface area contributed by atoms with Crippen LogP contribution >= 0.6 is 23.2 Å². The summed E-state index contributed by atoms with van der Waals surface area (Å²) in [6.45, 7) is 0. The van der Waals surface area contributed by atoms with Gasteiger partial charge in [0.15, 0.2) is 0 Å². The quantitative estimate of drug-likeness (QED) is 0.799. The van der Waals surface area contributed by atoms with Crippen LogP contribution in [0.5, 0.6) is 0 Å². The number of hydrogen-bond acceptors (Lipinski definition) is 2. The van der Waals surface area contributed by atoms with Gasteiger partial charge < -0.3 is 15.4 Å². The normalized spacial score (nSPS) is 23.0. The van der Waals surface area contributed by atoms with Crippen LogP contribution in [0.4, 0.5) is 0 Å². The molecule has 1 aliphatic carbocycles. The highest BCUT2D eigenvalue weighted by molar-refractivity contribution is 6.41. The summed E-state index contributed by atoms with van der Waals surface area (Å²) in [7, 11) is 0. The van der Waals surface area contributed by atoms with E-state index in [4.69, 9.17) is 28.3 Å². The second kappa shape index (κ2) is 5.20. The van der Waals surface area contributed by atoms with Gasteiger partial charge in [-0.25, -0.2) is 0 Å². The van der Waals surface area contributed by atoms with Gasteiger partial charge in [-0.2, -0.15) is 0 Å². The molecule has 1 fully saturated rings. The number of halogens is 2. The molecule has 0 saturated heterocycles. The van der Waals surface area contributed by atoms with Crippen molar-refractivity contribution in [3.8, 4) is 0 Å². The highest BCUT2D eigenvalue weighted by Crippen LogP contribution is 2.26. The number of carboxylic acid groups (broad SMARTS) is 1. The van der Waals surface area contributed by atoms with Crippen LogP contribution in [0.25, 0.3) is 0 Å². The third-order valence-corrected chi connectivity index (χ3v) is 3.78. The second-order valence-electron chi connectivity index (χ2n) is 4.36. The molecule has 1 aliphatic rings. The lowest BCUT2D eigenvalue weighted by Crippen LogP contribution is -2.33. The topological polar surface area (TPSA) is 82.2 Å². The summed E-state index contributed by atoms with van der Waals surface area (Å²) in [6, 6.07) is 1.34. The molecule has 0 radical (unpaired) electrons. The van der Waals surface area contributed by atoms with Gasteiger partial charge in [-0.1, -0.05) is 23.2 Å². The third-order valence-electron chi connectivity index (χ3n) is 3.09. The van der Waals surface area contributed by atoms with Crippen LogP contribution in [0.3, 0.4) is 0 Å². The first-order chi connectivity index (χ1) is 8.47. The molecule has 2 rings (SSSR count). The predicted molar refractivity (Wildman–Crippen MR) is 67.0 cm³/mol. The lowest BCUT2D eigenvalue weighted by molar-refractivity contribution is -0.141. The van der Waals surface area contributed by atoms with Gasteiger partial charge in [-0.05, 0) is 25.3 Å². The number of rotatable bonds is 3. The molecule has 18 heavy (non-hydrogen) atoms. The number of aliphatic carboxylic acids is 1. The number of amides is 1. The fourth-order valence-electron chi connectivity index (χ4n) is 2.13. The minimum Gasteiger partial charge on any atom is -0.481 e. The Balaban J connectivity index is 1.94. The van der Waals surface area contributed by atoms with Crippen molar-refractivity contribution >= 4 is 35.1 Å². The predicted octanol–water partition coefficient (Wildman–Crippen LogP) is 2.30. The molecule has 1 aromatic heterocycles. The van der Waals surface area contributed by atoms with Gasteiger partial charge in [0, 0.05) is 6.04 Å². The lowest BCUT2D eigenvalue weighted by Gasteiger charge is -2.11. The molecule has 0 unspecified atom stereocenters. The maximum atomic E-state index is 11.8. The van der Waals surface area contributed by atoms with E-state index in [0.29, 0.717) is 19.3 Å². The maximum absolute atomic E-state index is 11.8. The lowest BCUT2D eigenvalue weighted by atomic mass is 10.1. The van der Waals surface area contributed by atoms with Crippen molar-refractivity contribution in [1.82, 2.24) is 10.3 Å². The molecular weight excluding hydrogens is 279 g/mol. The van der Waals surface area contributed by atoms with Crippen molar-refractivity contribution in [3.05, 3.63) is 21.9 Å². The summed E-state index contributed by atoms with van der Waals surface area (Å²) < 4.78 is 0.